The predicted molar refractivity (Wildman–Crippen MR) is 122 cm³/mol. The van der Waals surface area contributed by atoms with Gasteiger partial charge >= 0.3 is 6.09 Å². The highest BCUT2D eigenvalue weighted by Gasteiger charge is 2.33. The molecule has 0 aliphatic heterocycles. The molecule has 1 aromatic carbocycles. The maximum atomic E-state index is 14.6. The van der Waals surface area contributed by atoms with Crippen molar-refractivity contribution in [3.05, 3.63) is 59.5 Å². The number of alkyl carbamates (subject to hydrolysis) is 1. The van der Waals surface area contributed by atoms with Gasteiger partial charge in [-0.25, -0.2) is 9.78 Å². The van der Waals surface area contributed by atoms with E-state index >= 15 is 0 Å². The maximum Gasteiger partial charge on any atom is 0.407 e. The summed E-state index contributed by atoms with van der Waals surface area (Å²) in [5.74, 6) is 0.199. The van der Waals surface area contributed by atoms with Gasteiger partial charge < -0.3 is 14.8 Å². The molecule has 0 fully saturated rings. The average molecular weight is 461 g/mol. The molecule has 1 N–H and O–H groups in total. The number of methoxy groups -OCH3 is 1. The molecule has 2 heterocycles. The highest BCUT2D eigenvalue weighted by atomic mass is 32.2. The minimum Gasteiger partial charge on any atom is -0.497 e. The Morgan fingerprint density at radius 2 is 1.97 bits per heavy atom. The van der Waals surface area contributed by atoms with Gasteiger partial charge in [0.1, 0.15) is 11.9 Å². The molecule has 3 aromatic rings. The Bertz CT molecular complexity index is 1060. The second kappa shape index (κ2) is 9.70. The standard InChI is InChI=1S/C23H25FN2O3S2/c1-23(2,3)19(29-22(27)25-4)18-13-17(16-10-7-11-26-20(16)24)21(31-18)30-15-9-6-8-14(12-15)28-5/h6-13,19H,1-5H3,(H,25,27). The quantitative estimate of drug-likeness (QED) is 0.423. The molecule has 0 aliphatic carbocycles. The molecular formula is C23H25FN2O3S2. The molecule has 164 valence electrons. The number of hydrogen-bond acceptors (Lipinski definition) is 6. The molecule has 0 aliphatic rings. The number of halogens is 1. The smallest absolute Gasteiger partial charge is 0.407 e. The summed E-state index contributed by atoms with van der Waals surface area (Å²) >= 11 is 2.99. The van der Waals surface area contributed by atoms with E-state index in [-0.39, 0.29) is 5.41 Å². The summed E-state index contributed by atoms with van der Waals surface area (Å²) in [7, 11) is 3.14. The SMILES string of the molecule is CNC(=O)OC(c1cc(-c2cccnc2F)c(Sc2cccc(OC)c2)s1)C(C)(C)C. The summed E-state index contributed by atoms with van der Waals surface area (Å²) in [6.07, 6.45) is 0.410. The number of benzene rings is 1. The number of thiophene rings is 1. The number of aromatic nitrogens is 1. The van der Waals surface area contributed by atoms with Crippen molar-refractivity contribution in [3.8, 4) is 16.9 Å². The van der Waals surface area contributed by atoms with Crippen LogP contribution in [-0.4, -0.2) is 25.2 Å². The second-order valence-corrected chi connectivity index (χ2v) is 10.3. The summed E-state index contributed by atoms with van der Waals surface area (Å²) in [5, 5.41) is 2.51. The van der Waals surface area contributed by atoms with Gasteiger partial charge in [-0.05, 0) is 36.4 Å². The largest absolute Gasteiger partial charge is 0.497 e. The van der Waals surface area contributed by atoms with E-state index in [1.165, 1.54) is 36.3 Å². The van der Waals surface area contributed by atoms with Crippen molar-refractivity contribution in [2.45, 2.75) is 36.0 Å². The number of amides is 1. The Morgan fingerprint density at radius 3 is 2.61 bits per heavy atom. The Labute approximate surface area is 190 Å². The first-order valence-electron chi connectivity index (χ1n) is 9.68. The number of carbonyl (C=O) groups is 1. The third-order valence-electron chi connectivity index (χ3n) is 4.49. The van der Waals surface area contributed by atoms with Crippen molar-refractivity contribution < 1.29 is 18.7 Å². The summed E-state index contributed by atoms with van der Waals surface area (Å²) in [6.45, 7) is 6.00. The van der Waals surface area contributed by atoms with E-state index in [9.17, 15) is 9.18 Å². The molecule has 1 atom stereocenters. The number of rotatable bonds is 6. The van der Waals surface area contributed by atoms with Gasteiger partial charge in [0.15, 0.2) is 0 Å². The van der Waals surface area contributed by atoms with Crippen LogP contribution in [0.3, 0.4) is 0 Å². The van der Waals surface area contributed by atoms with Gasteiger partial charge in [0, 0.05) is 39.6 Å². The Balaban J connectivity index is 2.10. The molecule has 0 saturated carbocycles. The number of carbonyl (C=O) groups excluding carboxylic acids is 1. The van der Waals surface area contributed by atoms with E-state index in [0.717, 1.165) is 19.7 Å². The molecule has 0 saturated heterocycles. The summed E-state index contributed by atoms with van der Waals surface area (Å²) in [4.78, 5) is 17.6. The van der Waals surface area contributed by atoms with Gasteiger partial charge in [0.2, 0.25) is 5.95 Å². The molecule has 1 amide bonds. The highest BCUT2D eigenvalue weighted by molar-refractivity contribution is 8.01. The van der Waals surface area contributed by atoms with Crippen molar-refractivity contribution in [1.82, 2.24) is 10.3 Å². The van der Waals surface area contributed by atoms with Gasteiger partial charge in [-0.15, -0.1) is 11.3 Å². The van der Waals surface area contributed by atoms with Gasteiger partial charge in [-0.1, -0.05) is 38.6 Å². The third-order valence-corrected chi connectivity index (χ3v) is 6.86. The summed E-state index contributed by atoms with van der Waals surface area (Å²) < 4.78 is 26.5. The topological polar surface area (TPSA) is 60.5 Å². The van der Waals surface area contributed by atoms with Crippen LogP contribution in [0.5, 0.6) is 5.75 Å². The number of pyridine rings is 1. The van der Waals surface area contributed by atoms with Gasteiger partial charge in [-0.2, -0.15) is 4.39 Å². The van der Waals surface area contributed by atoms with Crippen LogP contribution < -0.4 is 10.1 Å². The third kappa shape index (κ3) is 5.57. The predicted octanol–water partition coefficient (Wildman–Crippen LogP) is 6.55. The van der Waals surface area contributed by atoms with Crippen LogP contribution in [0.1, 0.15) is 31.8 Å². The van der Waals surface area contributed by atoms with Crippen LogP contribution in [0, 0.1) is 11.4 Å². The molecule has 0 radical (unpaired) electrons. The lowest BCUT2D eigenvalue weighted by atomic mass is 9.87. The van der Waals surface area contributed by atoms with Crippen molar-refractivity contribution in [2.24, 2.45) is 5.41 Å². The van der Waals surface area contributed by atoms with E-state index in [0.29, 0.717) is 11.1 Å². The zero-order chi connectivity index (χ0) is 22.6. The average Bonchev–Trinajstić information content (AvgIpc) is 3.14. The first-order valence-corrected chi connectivity index (χ1v) is 11.3. The Hall–Kier alpha value is -2.58. The first-order chi connectivity index (χ1) is 14.7. The molecule has 0 bridgehead atoms. The molecule has 3 rings (SSSR count). The van der Waals surface area contributed by atoms with Gasteiger partial charge in [0.05, 0.1) is 11.3 Å². The highest BCUT2D eigenvalue weighted by Crippen LogP contribution is 2.48. The normalized spacial score (nSPS) is 12.3. The van der Waals surface area contributed by atoms with Crippen molar-refractivity contribution in [1.29, 1.82) is 0 Å². The lowest BCUT2D eigenvalue weighted by Gasteiger charge is -2.29. The number of nitrogens with zero attached hydrogens (tertiary/aromatic N) is 1. The van der Waals surface area contributed by atoms with E-state index in [4.69, 9.17) is 9.47 Å². The van der Waals surface area contributed by atoms with Crippen molar-refractivity contribution >= 4 is 29.2 Å². The first kappa shape index (κ1) is 23.1. The summed E-state index contributed by atoms with van der Waals surface area (Å²) in [6, 6.07) is 13.0. The fourth-order valence-electron chi connectivity index (χ4n) is 2.97. The molecular weight excluding hydrogens is 435 g/mol. The zero-order valence-electron chi connectivity index (χ0n) is 18.1. The maximum absolute atomic E-state index is 14.6. The van der Waals surface area contributed by atoms with Crippen molar-refractivity contribution in [2.75, 3.05) is 14.2 Å². The second-order valence-electron chi connectivity index (χ2n) is 7.87. The monoisotopic (exact) mass is 460 g/mol. The van der Waals surface area contributed by atoms with Crippen LogP contribution >= 0.6 is 23.1 Å². The fraction of sp³-hybridized carbons (Fsp3) is 0.304. The van der Waals surface area contributed by atoms with Gasteiger partial charge in [0.25, 0.3) is 0 Å². The van der Waals surface area contributed by atoms with Gasteiger partial charge in [-0.3, -0.25) is 0 Å². The van der Waals surface area contributed by atoms with E-state index in [1.807, 2.05) is 51.1 Å². The Kier molecular flexibility index (Phi) is 7.23. The molecule has 0 spiro atoms. The molecule has 1 unspecified atom stereocenters. The molecule has 31 heavy (non-hydrogen) atoms. The van der Waals surface area contributed by atoms with Crippen LogP contribution in [0.4, 0.5) is 9.18 Å². The minimum absolute atomic E-state index is 0.361. The molecule has 8 heteroatoms. The van der Waals surface area contributed by atoms with Crippen LogP contribution in [-0.2, 0) is 4.74 Å². The molecule has 5 nitrogen and oxygen atoms in total. The van der Waals surface area contributed by atoms with E-state index in [1.54, 1.807) is 19.2 Å². The lowest BCUT2D eigenvalue weighted by molar-refractivity contribution is 0.0338. The van der Waals surface area contributed by atoms with Crippen LogP contribution in [0.2, 0.25) is 0 Å². The lowest BCUT2D eigenvalue weighted by Crippen LogP contribution is -2.28. The molecule has 2 aromatic heterocycles. The number of hydrogen-bond donors (Lipinski definition) is 1. The van der Waals surface area contributed by atoms with Crippen molar-refractivity contribution in [3.63, 3.8) is 0 Å². The number of ether oxygens (including phenoxy) is 2. The minimum atomic E-state index is -0.543. The van der Waals surface area contributed by atoms with E-state index in [2.05, 4.69) is 10.3 Å². The zero-order valence-corrected chi connectivity index (χ0v) is 19.7. The van der Waals surface area contributed by atoms with Crippen LogP contribution in [0.15, 0.2) is 57.8 Å². The Morgan fingerprint density at radius 1 is 1.19 bits per heavy atom. The van der Waals surface area contributed by atoms with Crippen LogP contribution in [0.25, 0.3) is 11.1 Å². The fourth-order valence-corrected chi connectivity index (χ4v) is 5.71. The van der Waals surface area contributed by atoms with E-state index < -0.39 is 18.1 Å². The number of nitrogens with one attached hydrogen (secondary N) is 1. The summed E-state index contributed by atoms with van der Waals surface area (Å²) in [5.41, 5.74) is 0.760.